The van der Waals surface area contributed by atoms with Gasteiger partial charge >= 0.3 is 6.03 Å². The summed E-state index contributed by atoms with van der Waals surface area (Å²) >= 11 is 1.18. The van der Waals surface area contributed by atoms with Crippen LogP contribution >= 0.6 is 11.8 Å². The van der Waals surface area contributed by atoms with Gasteiger partial charge in [0.25, 0.3) is 11.6 Å². The first-order valence-corrected chi connectivity index (χ1v) is 10.7. The minimum absolute atomic E-state index is 0.105. The van der Waals surface area contributed by atoms with Gasteiger partial charge in [0.15, 0.2) is 5.16 Å². The Morgan fingerprint density at radius 1 is 1.35 bits per heavy atom. The lowest BCUT2D eigenvalue weighted by molar-refractivity contribution is -0.387. The van der Waals surface area contributed by atoms with E-state index in [1.165, 1.54) is 24.0 Å². The molecular weight excluding hydrogens is 420 g/mol. The van der Waals surface area contributed by atoms with Crippen molar-refractivity contribution in [3.05, 3.63) is 46.3 Å². The van der Waals surface area contributed by atoms with Gasteiger partial charge in [0.2, 0.25) is 0 Å². The molecule has 1 aromatic heterocycles. The van der Waals surface area contributed by atoms with Crippen molar-refractivity contribution in [3.8, 4) is 0 Å². The molecule has 11 heteroatoms. The van der Waals surface area contributed by atoms with E-state index in [-0.39, 0.29) is 11.6 Å². The number of imidazole rings is 1. The Bertz CT molecular complexity index is 1070. The van der Waals surface area contributed by atoms with Gasteiger partial charge in [-0.15, -0.1) is 5.01 Å². The van der Waals surface area contributed by atoms with E-state index in [1.54, 1.807) is 36.1 Å². The van der Waals surface area contributed by atoms with Crippen LogP contribution in [-0.4, -0.2) is 43.2 Å². The summed E-state index contributed by atoms with van der Waals surface area (Å²) < 4.78 is 1.77. The van der Waals surface area contributed by atoms with Crippen molar-refractivity contribution >= 4 is 35.6 Å². The number of nitro groups is 1. The topological polar surface area (TPSA) is 123 Å². The van der Waals surface area contributed by atoms with Crippen LogP contribution in [0.15, 0.2) is 45.7 Å². The molecule has 10 nitrogen and oxygen atoms in total. The maximum atomic E-state index is 12.9. The maximum absolute atomic E-state index is 12.9. The molecule has 4 rings (SSSR count). The standard InChI is InChI=1S/C20H22N6O4S/c1-13-5-7-20(8-6-13)17(27)25(18(28)23-20)22-12-14-3-4-16(15(11-14)26(29)30)31-19-21-9-10-24(19)2/h3-4,9-13H,5-8H2,1-2H3,(H,23,28)/b22-12+. The monoisotopic (exact) mass is 442 g/mol. The Balaban J connectivity index is 1.54. The molecule has 1 saturated heterocycles. The number of nitrogens with zero attached hydrogens (tertiary/aromatic N) is 5. The number of hydrogen-bond donors (Lipinski definition) is 1. The van der Waals surface area contributed by atoms with E-state index in [0.717, 1.165) is 17.9 Å². The van der Waals surface area contributed by atoms with E-state index in [2.05, 4.69) is 22.3 Å². The van der Waals surface area contributed by atoms with Crippen LogP contribution in [-0.2, 0) is 11.8 Å². The third kappa shape index (κ3) is 4.05. The van der Waals surface area contributed by atoms with E-state index in [0.29, 0.717) is 34.4 Å². The quantitative estimate of drug-likeness (QED) is 0.328. The number of imide groups is 1. The highest BCUT2D eigenvalue weighted by molar-refractivity contribution is 7.99. The second kappa shape index (κ2) is 8.14. The number of aromatic nitrogens is 2. The predicted octanol–water partition coefficient (Wildman–Crippen LogP) is 3.31. The van der Waals surface area contributed by atoms with Gasteiger partial charge in [0.1, 0.15) is 5.54 Å². The molecule has 0 atom stereocenters. The second-order valence-electron chi connectivity index (χ2n) is 7.96. The van der Waals surface area contributed by atoms with Crippen molar-refractivity contribution in [2.45, 2.75) is 48.2 Å². The minimum Gasteiger partial charge on any atom is -0.329 e. The van der Waals surface area contributed by atoms with Gasteiger partial charge in [-0.2, -0.15) is 5.10 Å². The number of aryl methyl sites for hydroxylation is 1. The van der Waals surface area contributed by atoms with E-state index in [4.69, 9.17) is 0 Å². The number of urea groups is 1. The molecule has 1 spiro atoms. The average molecular weight is 443 g/mol. The highest BCUT2D eigenvalue weighted by Crippen LogP contribution is 2.37. The van der Waals surface area contributed by atoms with E-state index in [9.17, 15) is 19.7 Å². The molecular formula is C20H22N6O4S. The number of hydrazone groups is 1. The van der Waals surface area contributed by atoms with Crippen molar-refractivity contribution in [2.24, 2.45) is 18.1 Å². The lowest BCUT2D eigenvalue weighted by atomic mass is 9.77. The number of carbonyl (C=O) groups excluding carboxylic acids is 2. The first-order chi connectivity index (χ1) is 14.8. The van der Waals surface area contributed by atoms with Crippen LogP contribution in [0.3, 0.4) is 0 Å². The molecule has 31 heavy (non-hydrogen) atoms. The van der Waals surface area contributed by atoms with Gasteiger partial charge in [0.05, 0.1) is 16.0 Å². The zero-order chi connectivity index (χ0) is 22.2. The zero-order valence-corrected chi connectivity index (χ0v) is 18.0. The van der Waals surface area contributed by atoms with Crippen LogP contribution in [0, 0.1) is 16.0 Å². The third-order valence-electron chi connectivity index (χ3n) is 5.75. The van der Waals surface area contributed by atoms with E-state index >= 15 is 0 Å². The molecule has 1 saturated carbocycles. The summed E-state index contributed by atoms with van der Waals surface area (Å²) in [7, 11) is 1.81. The highest BCUT2D eigenvalue weighted by Gasteiger charge is 2.52. The second-order valence-corrected chi connectivity index (χ2v) is 8.97. The lowest BCUT2D eigenvalue weighted by Gasteiger charge is -2.33. The van der Waals surface area contributed by atoms with Crippen molar-refractivity contribution in [2.75, 3.05) is 0 Å². The third-order valence-corrected chi connectivity index (χ3v) is 6.89. The van der Waals surface area contributed by atoms with Gasteiger partial charge in [-0.1, -0.05) is 13.0 Å². The van der Waals surface area contributed by atoms with Crippen molar-refractivity contribution in [1.82, 2.24) is 19.9 Å². The fourth-order valence-electron chi connectivity index (χ4n) is 3.82. The van der Waals surface area contributed by atoms with Crippen LogP contribution in [0.25, 0.3) is 0 Å². The largest absolute Gasteiger partial charge is 0.346 e. The first-order valence-electron chi connectivity index (χ1n) is 9.93. The summed E-state index contributed by atoms with van der Waals surface area (Å²) in [6.07, 6.45) is 7.59. The van der Waals surface area contributed by atoms with E-state index < -0.39 is 16.5 Å². The van der Waals surface area contributed by atoms with Gasteiger partial charge in [0, 0.05) is 31.1 Å². The molecule has 0 bridgehead atoms. The SMILES string of the molecule is CC1CCC2(CC1)NC(=O)N(/N=C/c1ccc(Sc3nccn3C)c([N+](=O)[O-])c1)C2=O. The average Bonchev–Trinajstić information content (AvgIpc) is 3.24. The van der Waals surface area contributed by atoms with E-state index in [1.807, 2.05) is 0 Å². The molecule has 2 aromatic rings. The number of benzene rings is 1. The van der Waals surface area contributed by atoms with Gasteiger partial charge < -0.3 is 9.88 Å². The molecule has 1 N–H and O–H groups in total. The summed E-state index contributed by atoms with van der Waals surface area (Å²) in [5.74, 6) is 0.160. The number of nitrogens with one attached hydrogen (secondary N) is 1. The Hall–Kier alpha value is -3.21. The Kier molecular flexibility index (Phi) is 5.52. The number of hydrogen-bond acceptors (Lipinski definition) is 7. The highest BCUT2D eigenvalue weighted by atomic mass is 32.2. The van der Waals surface area contributed by atoms with Crippen LogP contribution < -0.4 is 5.32 Å². The van der Waals surface area contributed by atoms with Crippen LogP contribution in [0.4, 0.5) is 10.5 Å². The number of rotatable bonds is 5. The first kappa shape index (κ1) is 21.0. The molecule has 0 unspecified atom stereocenters. The molecule has 1 aromatic carbocycles. The Labute approximate surface area is 182 Å². The molecule has 2 heterocycles. The van der Waals surface area contributed by atoms with Crippen molar-refractivity contribution in [3.63, 3.8) is 0 Å². The Morgan fingerprint density at radius 3 is 2.74 bits per heavy atom. The van der Waals surface area contributed by atoms with Gasteiger partial charge in [-0.05, 0) is 49.4 Å². The molecule has 0 radical (unpaired) electrons. The molecule has 162 valence electrons. The normalized spacial score (nSPS) is 23.7. The van der Waals surface area contributed by atoms with Crippen molar-refractivity contribution < 1.29 is 14.5 Å². The molecule has 3 amide bonds. The number of nitro benzene ring substituents is 1. The van der Waals surface area contributed by atoms with Gasteiger partial charge in [-0.3, -0.25) is 14.9 Å². The molecule has 2 aliphatic rings. The van der Waals surface area contributed by atoms with Crippen LogP contribution in [0.2, 0.25) is 0 Å². The summed E-state index contributed by atoms with van der Waals surface area (Å²) in [5, 5.41) is 19.9. The fourth-order valence-corrected chi connectivity index (χ4v) is 4.71. The fraction of sp³-hybridized carbons (Fsp3) is 0.400. The predicted molar refractivity (Wildman–Crippen MR) is 114 cm³/mol. The number of amides is 3. The summed E-state index contributed by atoms with van der Waals surface area (Å²) in [5.41, 5.74) is -0.572. The lowest BCUT2D eigenvalue weighted by Crippen LogP contribution is -2.49. The summed E-state index contributed by atoms with van der Waals surface area (Å²) in [4.78, 5) is 40.9. The Morgan fingerprint density at radius 2 is 2.10 bits per heavy atom. The maximum Gasteiger partial charge on any atom is 0.346 e. The smallest absolute Gasteiger partial charge is 0.329 e. The summed E-state index contributed by atoms with van der Waals surface area (Å²) in [6, 6.07) is 4.06. The number of carbonyl (C=O) groups is 2. The van der Waals surface area contributed by atoms with Crippen LogP contribution in [0.1, 0.15) is 38.2 Å². The molecule has 2 fully saturated rings. The van der Waals surface area contributed by atoms with Crippen molar-refractivity contribution in [1.29, 1.82) is 0 Å². The van der Waals surface area contributed by atoms with Gasteiger partial charge in [-0.25, -0.2) is 9.78 Å². The summed E-state index contributed by atoms with van der Waals surface area (Å²) in [6.45, 7) is 2.13. The zero-order valence-electron chi connectivity index (χ0n) is 17.1. The molecule has 1 aliphatic carbocycles. The minimum atomic E-state index is -0.879. The molecule has 1 aliphatic heterocycles. The van der Waals surface area contributed by atoms with Crippen LogP contribution in [0.5, 0.6) is 0 Å².